The molecule has 0 spiro atoms. The second-order valence-electron chi connectivity index (χ2n) is 5.56. The van der Waals surface area contributed by atoms with E-state index in [9.17, 15) is 4.79 Å². The summed E-state index contributed by atoms with van der Waals surface area (Å²) in [5.41, 5.74) is 1.96. The Labute approximate surface area is 112 Å². The molecule has 0 bridgehead atoms. The first-order chi connectivity index (χ1) is 8.46. The van der Waals surface area contributed by atoms with Crippen LogP contribution in [0, 0.1) is 5.41 Å². The summed E-state index contributed by atoms with van der Waals surface area (Å²) in [6.07, 6.45) is 0.536. The predicted octanol–water partition coefficient (Wildman–Crippen LogP) is 4.43. The summed E-state index contributed by atoms with van der Waals surface area (Å²) in [4.78, 5) is 16.5. The minimum Gasteiger partial charge on any atom is -0.291 e. The van der Waals surface area contributed by atoms with Gasteiger partial charge in [0.2, 0.25) is 0 Å². The van der Waals surface area contributed by atoms with Gasteiger partial charge in [-0.2, -0.15) is 0 Å². The first-order valence-corrected chi connectivity index (χ1v) is 6.88. The molecule has 0 saturated carbocycles. The fourth-order valence-corrected chi connectivity index (χ4v) is 2.47. The highest BCUT2D eigenvalue weighted by Crippen LogP contribution is 2.26. The number of thiazole rings is 1. The SMILES string of the molecule is CC(C)(C)CC(=O)c1nc(-c2ccccc2)cs1. The van der Waals surface area contributed by atoms with E-state index in [2.05, 4.69) is 25.8 Å². The van der Waals surface area contributed by atoms with Crippen LogP contribution in [0.15, 0.2) is 35.7 Å². The van der Waals surface area contributed by atoms with Crippen molar-refractivity contribution in [1.82, 2.24) is 4.98 Å². The molecule has 2 aromatic rings. The smallest absolute Gasteiger partial charge is 0.191 e. The minimum atomic E-state index is 0.00959. The monoisotopic (exact) mass is 259 g/mol. The molecule has 1 heterocycles. The Balaban J connectivity index is 2.19. The van der Waals surface area contributed by atoms with Crippen molar-refractivity contribution in [2.45, 2.75) is 27.2 Å². The maximum Gasteiger partial charge on any atom is 0.191 e. The number of carbonyl (C=O) groups is 1. The average Bonchev–Trinajstić information content (AvgIpc) is 2.77. The molecule has 0 unspecified atom stereocenters. The number of Topliss-reactive ketones (excluding diaryl/α,β-unsaturated/α-hetero) is 1. The van der Waals surface area contributed by atoms with Crippen molar-refractivity contribution in [1.29, 1.82) is 0 Å². The van der Waals surface area contributed by atoms with Gasteiger partial charge in [-0.3, -0.25) is 4.79 Å². The van der Waals surface area contributed by atoms with Gasteiger partial charge in [-0.05, 0) is 5.41 Å². The summed E-state index contributed by atoms with van der Waals surface area (Å²) < 4.78 is 0. The fraction of sp³-hybridized carbons (Fsp3) is 0.333. The standard InChI is InChI=1S/C15H17NOS/c1-15(2,3)9-13(17)14-16-12(10-18-14)11-7-5-4-6-8-11/h4-8,10H,9H2,1-3H3. The van der Waals surface area contributed by atoms with E-state index in [1.165, 1.54) is 11.3 Å². The number of rotatable bonds is 3. The predicted molar refractivity (Wildman–Crippen MR) is 76.0 cm³/mol. The molecular weight excluding hydrogens is 242 g/mol. The van der Waals surface area contributed by atoms with Crippen LogP contribution in [0.25, 0.3) is 11.3 Å². The molecule has 0 atom stereocenters. The molecular formula is C15H17NOS. The van der Waals surface area contributed by atoms with Crippen LogP contribution < -0.4 is 0 Å². The number of carbonyl (C=O) groups excluding carboxylic acids is 1. The van der Waals surface area contributed by atoms with Gasteiger partial charge in [-0.15, -0.1) is 11.3 Å². The van der Waals surface area contributed by atoms with E-state index in [0.29, 0.717) is 11.4 Å². The van der Waals surface area contributed by atoms with Crippen LogP contribution in [0.1, 0.15) is 37.0 Å². The zero-order valence-corrected chi connectivity index (χ0v) is 11.8. The second kappa shape index (κ2) is 5.02. The molecule has 0 radical (unpaired) electrons. The van der Waals surface area contributed by atoms with Crippen LogP contribution in [0.4, 0.5) is 0 Å². The first-order valence-electron chi connectivity index (χ1n) is 6.00. The highest BCUT2D eigenvalue weighted by Gasteiger charge is 2.19. The van der Waals surface area contributed by atoms with Crippen LogP contribution in [0.5, 0.6) is 0 Å². The summed E-state index contributed by atoms with van der Waals surface area (Å²) in [5.74, 6) is 0.134. The van der Waals surface area contributed by atoms with Crippen LogP contribution in [0.3, 0.4) is 0 Å². The summed E-state index contributed by atoms with van der Waals surface area (Å²) in [6.45, 7) is 6.20. The molecule has 1 aromatic heterocycles. The van der Waals surface area contributed by atoms with Crippen molar-refractivity contribution >= 4 is 17.1 Å². The van der Waals surface area contributed by atoms with E-state index in [-0.39, 0.29) is 11.2 Å². The number of nitrogens with zero attached hydrogens (tertiary/aromatic N) is 1. The lowest BCUT2D eigenvalue weighted by atomic mass is 9.90. The zero-order chi connectivity index (χ0) is 13.2. The molecule has 0 saturated heterocycles. The maximum atomic E-state index is 12.1. The van der Waals surface area contributed by atoms with Crippen LogP contribution in [-0.4, -0.2) is 10.8 Å². The molecule has 0 aliphatic heterocycles. The molecule has 0 N–H and O–H groups in total. The topological polar surface area (TPSA) is 30.0 Å². The van der Waals surface area contributed by atoms with E-state index in [1.807, 2.05) is 35.7 Å². The Bertz CT molecular complexity index is 537. The van der Waals surface area contributed by atoms with Gasteiger partial charge in [0, 0.05) is 17.4 Å². The molecule has 18 heavy (non-hydrogen) atoms. The van der Waals surface area contributed by atoms with E-state index in [4.69, 9.17) is 0 Å². The number of ketones is 1. The molecule has 0 amide bonds. The first kappa shape index (κ1) is 13.0. The van der Waals surface area contributed by atoms with Gasteiger partial charge >= 0.3 is 0 Å². The van der Waals surface area contributed by atoms with E-state index in [0.717, 1.165) is 11.3 Å². The highest BCUT2D eigenvalue weighted by molar-refractivity contribution is 7.12. The van der Waals surface area contributed by atoms with Gasteiger partial charge in [0.15, 0.2) is 10.8 Å². The van der Waals surface area contributed by atoms with Crippen LogP contribution in [0.2, 0.25) is 0 Å². The molecule has 2 nitrogen and oxygen atoms in total. The summed E-state index contributed by atoms with van der Waals surface area (Å²) in [6, 6.07) is 9.94. The van der Waals surface area contributed by atoms with Gasteiger partial charge in [0.25, 0.3) is 0 Å². The van der Waals surface area contributed by atoms with Crippen molar-refractivity contribution in [2.75, 3.05) is 0 Å². The quantitative estimate of drug-likeness (QED) is 0.763. The Morgan fingerprint density at radius 2 is 1.89 bits per heavy atom. The van der Waals surface area contributed by atoms with Gasteiger partial charge in [0.1, 0.15) is 0 Å². The molecule has 2 rings (SSSR count). The number of benzene rings is 1. The summed E-state index contributed by atoms with van der Waals surface area (Å²) in [7, 11) is 0. The Morgan fingerprint density at radius 1 is 1.22 bits per heavy atom. The summed E-state index contributed by atoms with van der Waals surface area (Å²) >= 11 is 1.43. The van der Waals surface area contributed by atoms with Crippen LogP contribution >= 0.6 is 11.3 Å². The minimum absolute atomic E-state index is 0.00959. The van der Waals surface area contributed by atoms with Crippen molar-refractivity contribution < 1.29 is 4.79 Å². The van der Waals surface area contributed by atoms with Crippen LogP contribution in [-0.2, 0) is 0 Å². The lowest BCUT2D eigenvalue weighted by molar-refractivity contribution is 0.0939. The molecule has 0 aliphatic rings. The summed E-state index contributed by atoms with van der Waals surface area (Å²) in [5, 5.41) is 2.56. The average molecular weight is 259 g/mol. The Hall–Kier alpha value is -1.48. The van der Waals surface area contributed by atoms with Gasteiger partial charge in [-0.1, -0.05) is 51.1 Å². The molecule has 94 valence electrons. The third-order valence-corrected chi connectivity index (χ3v) is 3.39. The number of hydrogen-bond acceptors (Lipinski definition) is 3. The second-order valence-corrected chi connectivity index (χ2v) is 6.42. The lowest BCUT2D eigenvalue weighted by Crippen LogP contribution is -2.12. The normalized spacial score (nSPS) is 11.5. The number of aromatic nitrogens is 1. The van der Waals surface area contributed by atoms with Gasteiger partial charge in [0.05, 0.1) is 5.69 Å². The molecule has 3 heteroatoms. The molecule has 0 aliphatic carbocycles. The Morgan fingerprint density at radius 3 is 2.50 bits per heavy atom. The van der Waals surface area contributed by atoms with E-state index < -0.39 is 0 Å². The zero-order valence-electron chi connectivity index (χ0n) is 10.9. The third-order valence-electron chi connectivity index (χ3n) is 2.50. The van der Waals surface area contributed by atoms with E-state index >= 15 is 0 Å². The molecule has 1 aromatic carbocycles. The van der Waals surface area contributed by atoms with E-state index in [1.54, 1.807) is 0 Å². The van der Waals surface area contributed by atoms with Crippen molar-refractivity contribution in [3.8, 4) is 11.3 Å². The van der Waals surface area contributed by atoms with Crippen molar-refractivity contribution in [2.24, 2.45) is 5.41 Å². The fourth-order valence-electron chi connectivity index (χ4n) is 1.70. The van der Waals surface area contributed by atoms with Gasteiger partial charge in [-0.25, -0.2) is 4.98 Å². The van der Waals surface area contributed by atoms with Crippen molar-refractivity contribution in [3.63, 3.8) is 0 Å². The lowest BCUT2D eigenvalue weighted by Gasteiger charge is -2.15. The Kier molecular flexibility index (Phi) is 3.62. The highest BCUT2D eigenvalue weighted by atomic mass is 32.1. The van der Waals surface area contributed by atoms with Gasteiger partial charge < -0.3 is 0 Å². The third kappa shape index (κ3) is 3.26. The maximum absolute atomic E-state index is 12.1. The largest absolute Gasteiger partial charge is 0.291 e. The molecule has 0 fully saturated rings. The number of hydrogen-bond donors (Lipinski definition) is 0. The van der Waals surface area contributed by atoms with Crippen molar-refractivity contribution in [3.05, 3.63) is 40.7 Å².